The predicted octanol–water partition coefficient (Wildman–Crippen LogP) is 6.60. The van der Waals surface area contributed by atoms with Gasteiger partial charge in [0.1, 0.15) is 10.6 Å². The summed E-state index contributed by atoms with van der Waals surface area (Å²) in [5, 5.41) is 1.09. The summed E-state index contributed by atoms with van der Waals surface area (Å²) < 4.78 is 1.24. The van der Waals surface area contributed by atoms with Crippen molar-refractivity contribution in [2.45, 2.75) is 57.2 Å². The number of aromatic nitrogens is 1. The maximum atomic E-state index is 6.17. The summed E-state index contributed by atoms with van der Waals surface area (Å²) in [5.41, 5.74) is 4.27. The van der Waals surface area contributed by atoms with Crippen molar-refractivity contribution in [3.8, 4) is 10.6 Å². The molecule has 1 radical (unpaired) electrons. The van der Waals surface area contributed by atoms with E-state index in [1.165, 1.54) is 53.5 Å². The zero-order chi connectivity index (χ0) is 20.1. The molecule has 2 aromatic carbocycles. The van der Waals surface area contributed by atoms with Crippen LogP contribution in [0.2, 0.25) is 0 Å². The minimum absolute atomic E-state index is 0. The van der Waals surface area contributed by atoms with Crippen molar-refractivity contribution in [2.24, 2.45) is 17.8 Å². The number of fused-ring (bicyclic) bond motifs is 1. The van der Waals surface area contributed by atoms with Crippen molar-refractivity contribution in [1.29, 1.82) is 0 Å². The second-order valence-electron chi connectivity index (χ2n) is 10.1. The van der Waals surface area contributed by atoms with Gasteiger partial charge in [0.25, 0.3) is 0 Å². The van der Waals surface area contributed by atoms with Crippen LogP contribution in [0.25, 0.3) is 20.8 Å². The zero-order valence-electron chi connectivity index (χ0n) is 18.1. The van der Waals surface area contributed by atoms with Crippen molar-refractivity contribution in [3.05, 3.63) is 59.5 Å². The first-order valence-corrected chi connectivity index (χ1v) is 12.1. The summed E-state index contributed by atoms with van der Waals surface area (Å²) in [6.07, 6.45) is 6.46. The Morgan fingerprint density at radius 1 is 1.03 bits per heavy atom. The summed E-state index contributed by atoms with van der Waals surface area (Å²) in [5.74, 6) is 3.89. The Hall–Kier alpha value is -0.646. The molecule has 5 fully saturated rings. The molecule has 5 heteroatoms. The van der Waals surface area contributed by atoms with E-state index in [1.54, 1.807) is 17.3 Å². The molecule has 5 aliphatic rings. The molecule has 0 amide bonds. The van der Waals surface area contributed by atoms with Crippen LogP contribution in [0.3, 0.4) is 0 Å². The summed E-state index contributed by atoms with van der Waals surface area (Å²) in [6, 6.07) is 15.1. The third kappa shape index (κ3) is 2.75. The molecule has 3 nitrogen and oxygen atoms in total. The molecule has 4 bridgehead atoms. The van der Waals surface area contributed by atoms with Gasteiger partial charge in [-0.25, -0.2) is 14.8 Å². The van der Waals surface area contributed by atoms with Crippen LogP contribution in [0.5, 0.6) is 0 Å². The van der Waals surface area contributed by atoms with Crippen LogP contribution >= 0.6 is 11.3 Å². The van der Waals surface area contributed by atoms with E-state index in [4.69, 9.17) is 14.8 Å². The zero-order valence-corrected chi connectivity index (χ0v) is 21.7. The van der Waals surface area contributed by atoms with Gasteiger partial charge in [0.05, 0.1) is 10.2 Å². The quantitative estimate of drug-likeness (QED) is 0.291. The van der Waals surface area contributed by atoms with Crippen LogP contribution in [0.15, 0.2) is 42.5 Å². The van der Waals surface area contributed by atoms with Crippen molar-refractivity contribution in [2.75, 3.05) is 0 Å². The van der Waals surface area contributed by atoms with Gasteiger partial charge in [0, 0.05) is 38.3 Å². The summed E-state index contributed by atoms with van der Waals surface area (Å²) in [4.78, 5) is 17.2. The number of aryl methyl sites for hydroxylation is 1. The average Bonchev–Trinajstić information content (AvgIpc) is 3.17. The van der Waals surface area contributed by atoms with E-state index in [2.05, 4.69) is 56.3 Å². The Balaban J connectivity index is 0.00000185. The van der Waals surface area contributed by atoms with Crippen molar-refractivity contribution < 1.29 is 42.5 Å². The van der Waals surface area contributed by atoms with E-state index in [-0.39, 0.29) is 43.9 Å². The van der Waals surface area contributed by atoms with Gasteiger partial charge in [0.2, 0.25) is 0 Å². The fourth-order valence-corrected chi connectivity index (χ4v) is 8.29. The third-order valence-corrected chi connectivity index (χ3v) is 9.50. The molecule has 3 unspecified atom stereocenters. The largest absolute Gasteiger partial charge is 0.313 e. The number of thiazole rings is 1. The first kappa shape index (κ1) is 20.9. The molecule has 157 valence electrons. The number of hydrogen-bond donors (Lipinski definition) is 0. The van der Waals surface area contributed by atoms with E-state index in [1.807, 2.05) is 0 Å². The second kappa shape index (κ2) is 7.17. The van der Waals surface area contributed by atoms with Crippen LogP contribution in [0.4, 0.5) is 0 Å². The van der Waals surface area contributed by atoms with Gasteiger partial charge in [-0.05, 0) is 55.7 Å². The molecule has 8 rings (SSSR count). The Kier molecular flexibility index (Phi) is 4.84. The van der Waals surface area contributed by atoms with Gasteiger partial charge in [-0.1, -0.05) is 42.3 Å². The number of rotatable bonds is 2. The van der Waals surface area contributed by atoms with E-state index < -0.39 is 0 Å². The van der Waals surface area contributed by atoms with Gasteiger partial charge < -0.3 is 5.92 Å². The molecular weight excluding hydrogens is 479 g/mol. The minimum atomic E-state index is -0.369. The molecule has 4 aliphatic carbocycles. The minimum Gasteiger partial charge on any atom is -0.313 e. The van der Waals surface area contributed by atoms with E-state index in [0.717, 1.165) is 16.4 Å². The first-order chi connectivity index (χ1) is 14.6. The van der Waals surface area contributed by atoms with E-state index in [9.17, 15) is 0 Å². The molecule has 1 saturated heterocycles. The van der Waals surface area contributed by atoms with Crippen LogP contribution in [-0.2, 0) is 48.1 Å². The average molecular weight is 505 g/mol. The molecule has 1 aromatic heterocycles. The summed E-state index contributed by atoms with van der Waals surface area (Å²) in [6.45, 7) is 4.46. The fraction of sp³-hybridized carbons (Fsp3) is 0.462. The molecular formula is C26H26NO2SY-. The Bertz CT molecular complexity index is 1130. The maximum Gasteiger partial charge on any atom is 0.158 e. The van der Waals surface area contributed by atoms with Crippen molar-refractivity contribution >= 4 is 21.6 Å². The van der Waals surface area contributed by atoms with Gasteiger partial charge in [0.15, 0.2) is 5.60 Å². The molecule has 0 N–H and O–H groups in total. The van der Waals surface area contributed by atoms with Crippen molar-refractivity contribution in [3.63, 3.8) is 0 Å². The molecule has 31 heavy (non-hydrogen) atoms. The van der Waals surface area contributed by atoms with E-state index >= 15 is 0 Å². The monoisotopic (exact) mass is 505 g/mol. The molecule has 2 heterocycles. The third-order valence-electron chi connectivity index (χ3n) is 8.45. The Morgan fingerprint density at radius 2 is 1.77 bits per heavy atom. The van der Waals surface area contributed by atoms with Crippen LogP contribution in [-0.4, -0.2) is 10.6 Å². The first-order valence-electron chi connectivity index (χ1n) is 11.2. The molecule has 1 spiro atoms. The van der Waals surface area contributed by atoms with Crippen LogP contribution < -0.4 is 0 Å². The van der Waals surface area contributed by atoms with Gasteiger partial charge >= 0.3 is 0 Å². The Labute approximate surface area is 212 Å². The number of hydrogen-bond acceptors (Lipinski definition) is 4. The molecule has 4 saturated carbocycles. The summed E-state index contributed by atoms with van der Waals surface area (Å²) in [7, 11) is 0. The fourth-order valence-electron chi connectivity index (χ4n) is 7.20. The van der Waals surface area contributed by atoms with Gasteiger partial charge in [-0.3, -0.25) is 0 Å². The maximum absolute atomic E-state index is 6.17. The van der Waals surface area contributed by atoms with Crippen LogP contribution in [0.1, 0.15) is 50.2 Å². The topological polar surface area (TPSA) is 31.4 Å². The normalized spacial score (nSPS) is 36.0. The molecule has 3 aromatic rings. The SMILES string of the molecule is Cc1cc(C2(C)OOC23C2C[C-]4CC(C2)CC3C4)cc2sc(-c3ccccc3)nc12.[Y]. The standard InChI is InChI=1S/C26H26NO2S.Y/c1-15-8-19(14-22-23(15)27-24(30-22)18-6-4-3-5-7-18)25(2)26(29-28-25)20-10-16-9-17(12-20)13-21(26)11-16;/h3-8,14,16,20-21H,9-13H2,1-2H3;/q-1;. The smallest absolute Gasteiger partial charge is 0.158 e. The second-order valence-corrected chi connectivity index (χ2v) is 11.1. The van der Waals surface area contributed by atoms with Crippen LogP contribution in [0, 0.1) is 30.6 Å². The number of benzene rings is 2. The summed E-state index contributed by atoms with van der Waals surface area (Å²) >= 11 is 1.78. The number of nitrogens with zero attached hydrogens (tertiary/aromatic N) is 1. The van der Waals surface area contributed by atoms with Crippen molar-refractivity contribution in [1.82, 2.24) is 4.98 Å². The molecule has 3 atom stereocenters. The van der Waals surface area contributed by atoms with Gasteiger partial charge in [-0.2, -0.15) is 19.3 Å². The van der Waals surface area contributed by atoms with Gasteiger partial charge in [-0.15, -0.1) is 11.3 Å². The van der Waals surface area contributed by atoms with E-state index in [0.29, 0.717) is 11.8 Å². The predicted molar refractivity (Wildman–Crippen MR) is 119 cm³/mol. The molecule has 1 aliphatic heterocycles. The Morgan fingerprint density at radius 3 is 2.42 bits per heavy atom.